The van der Waals surface area contributed by atoms with Gasteiger partial charge in [-0.1, -0.05) is 54.1 Å². The average Bonchev–Trinajstić information content (AvgIpc) is 3.17. The van der Waals surface area contributed by atoms with E-state index in [0.29, 0.717) is 17.7 Å². The highest BCUT2D eigenvalue weighted by molar-refractivity contribution is 8.00. The summed E-state index contributed by atoms with van der Waals surface area (Å²) in [5, 5.41) is 8.56. The van der Waals surface area contributed by atoms with Gasteiger partial charge in [-0.15, -0.1) is 11.8 Å². The quantitative estimate of drug-likeness (QED) is 0.408. The van der Waals surface area contributed by atoms with Crippen molar-refractivity contribution in [1.29, 1.82) is 0 Å². The van der Waals surface area contributed by atoms with E-state index in [-0.39, 0.29) is 5.78 Å². The summed E-state index contributed by atoms with van der Waals surface area (Å²) in [6.45, 7) is 4.32. The third kappa shape index (κ3) is 5.72. The third-order valence-electron chi connectivity index (χ3n) is 4.47. The van der Waals surface area contributed by atoms with Gasteiger partial charge in [-0.25, -0.2) is 0 Å². The van der Waals surface area contributed by atoms with Gasteiger partial charge in [0, 0.05) is 35.0 Å². The number of aliphatic carboxylic acids is 1. The second-order valence-electron chi connectivity index (χ2n) is 6.87. The number of allylic oxidation sites excluding steroid dienone is 1. The summed E-state index contributed by atoms with van der Waals surface area (Å²) >= 11 is 1.32. The maximum atomic E-state index is 12.6. The van der Waals surface area contributed by atoms with Crippen molar-refractivity contribution in [3.63, 3.8) is 0 Å². The number of rotatable bonds is 8. The Kier molecular flexibility index (Phi) is 6.73. The molecule has 0 amide bonds. The number of carboxylic acids is 1. The Morgan fingerprint density at radius 1 is 1.10 bits per heavy atom. The van der Waals surface area contributed by atoms with E-state index in [4.69, 9.17) is 5.11 Å². The summed E-state index contributed by atoms with van der Waals surface area (Å²) in [4.78, 5) is 24.5. The molecule has 0 fully saturated rings. The van der Waals surface area contributed by atoms with Crippen LogP contribution in [0.2, 0.25) is 0 Å². The highest BCUT2D eigenvalue weighted by Gasteiger charge is 2.12. The van der Waals surface area contributed by atoms with Crippen molar-refractivity contribution in [3.05, 3.63) is 95.3 Å². The van der Waals surface area contributed by atoms with Gasteiger partial charge in [0.15, 0.2) is 5.78 Å². The van der Waals surface area contributed by atoms with Crippen molar-refractivity contribution < 1.29 is 14.7 Å². The molecule has 0 spiro atoms. The zero-order valence-electron chi connectivity index (χ0n) is 16.4. The Labute approximate surface area is 174 Å². The summed E-state index contributed by atoms with van der Waals surface area (Å²) in [6.07, 6.45) is 7.77. The Balaban J connectivity index is 1.62. The van der Waals surface area contributed by atoms with Crippen molar-refractivity contribution in [3.8, 4) is 0 Å². The lowest BCUT2D eigenvalue weighted by Crippen LogP contribution is -2.10. The molecular weight excluding hydrogens is 382 g/mol. The van der Waals surface area contributed by atoms with E-state index < -0.39 is 11.2 Å². The van der Waals surface area contributed by atoms with Gasteiger partial charge >= 0.3 is 5.97 Å². The minimum Gasteiger partial charge on any atom is -0.480 e. The Hall–Kier alpha value is -3.05. The fourth-order valence-electron chi connectivity index (χ4n) is 2.82. The highest BCUT2D eigenvalue weighted by Crippen LogP contribution is 2.24. The van der Waals surface area contributed by atoms with Gasteiger partial charge in [0.2, 0.25) is 0 Å². The predicted octanol–water partition coefficient (Wildman–Crippen LogP) is 5.31. The van der Waals surface area contributed by atoms with Crippen LogP contribution in [0, 0.1) is 6.92 Å². The van der Waals surface area contributed by atoms with Crippen LogP contribution >= 0.6 is 11.8 Å². The Morgan fingerprint density at radius 2 is 1.86 bits per heavy atom. The normalized spacial score (nSPS) is 12.2. The minimum atomic E-state index is -0.820. The summed E-state index contributed by atoms with van der Waals surface area (Å²) in [5.74, 6) is -0.801. The predicted molar refractivity (Wildman–Crippen MR) is 117 cm³/mol. The van der Waals surface area contributed by atoms with E-state index in [9.17, 15) is 9.59 Å². The molecule has 0 bridgehead atoms. The van der Waals surface area contributed by atoms with Crippen LogP contribution in [0.3, 0.4) is 0 Å². The van der Waals surface area contributed by atoms with E-state index in [1.165, 1.54) is 11.8 Å². The van der Waals surface area contributed by atoms with E-state index in [1.807, 2.05) is 90.6 Å². The van der Waals surface area contributed by atoms with Crippen molar-refractivity contribution in [2.45, 2.75) is 30.5 Å². The molecule has 0 radical (unpaired) electrons. The van der Waals surface area contributed by atoms with Crippen LogP contribution < -0.4 is 0 Å². The zero-order chi connectivity index (χ0) is 20.8. The molecule has 3 rings (SSSR count). The molecule has 2 aromatic carbocycles. The van der Waals surface area contributed by atoms with Gasteiger partial charge in [-0.2, -0.15) is 0 Å². The molecule has 1 N–H and O–H groups in total. The first kappa shape index (κ1) is 20.7. The second kappa shape index (κ2) is 9.43. The first-order valence-electron chi connectivity index (χ1n) is 9.35. The molecule has 1 heterocycles. The van der Waals surface area contributed by atoms with E-state index in [1.54, 1.807) is 6.92 Å². The first-order valence-corrected chi connectivity index (χ1v) is 10.2. The van der Waals surface area contributed by atoms with Crippen molar-refractivity contribution in [2.24, 2.45) is 0 Å². The number of nitrogens with zero attached hydrogens (tertiary/aromatic N) is 1. The van der Waals surface area contributed by atoms with Crippen molar-refractivity contribution in [2.75, 3.05) is 0 Å². The van der Waals surface area contributed by atoms with Gasteiger partial charge < -0.3 is 9.67 Å². The third-order valence-corrected chi connectivity index (χ3v) is 5.55. The lowest BCUT2D eigenvalue weighted by atomic mass is 10.0. The number of thioether (sulfide) groups is 1. The van der Waals surface area contributed by atoms with E-state index in [2.05, 4.69) is 0 Å². The number of carboxylic acid groups (broad SMARTS) is 1. The Bertz CT molecular complexity index is 1030. The first-order chi connectivity index (χ1) is 13.9. The number of hydrogen-bond acceptors (Lipinski definition) is 3. The number of aromatic nitrogens is 1. The lowest BCUT2D eigenvalue weighted by Gasteiger charge is -2.06. The van der Waals surface area contributed by atoms with Gasteiger partial charge in [0.05, 0.1) is 0 Å². The van der Waals surface area contributed by atoms with E-state index in [0.717, 1.165) is 16.0 Å². The number of benzene rings is 2. The maximum absolute atomic E-state index is 12.6. The molecule has 0 aliphatic heterocycles. The number of carbonyl (C=O) groups is 2. The maximum Gasteiger partial charge on any atom is 0.316 e. The molecule has 0 aliphatic rings. The topological polar surface area (TPSA) is 59.3 Å². The van der Waals surface area contributed by atoms with Crippen LogP contribution in [-0.2, 0) is 11.3 Å². The lowest BCUT2D eigenvalue weighted by molar-refractivity contribution is -0.136. The van der Waals surface area contributed by atoms with Gasteiger partial charge in [-0.05, 0) is 37.6 Å². The number of aryl methyl sites for hydroxylation is 1. The molecule has 1 aromatic heterocycles. The van der Waals surface area contributed by atoms with Gasteiger partial charge in [0.25, 0.3) is 0 Å². The molecule has 1 atom stereocenters. The summed E-state index contributed by atoms with van der Waals surface area (Å²) in [7, 11) is 0. The average molecular weight is 406 g/mol. The van der Waals surface area contributed by atoms with Crippen molar-refractivity contribution >= 4 is 29.6 Å². The van der Waals surface area contributed by atoms with E-state index >= 15 is 0 Å². The number of carbonyl (C=O) groups excluding carboxylic acids is 1. The van der Waals surface area contributed by atoms with Crippen LogP contribution in [0.5, 0.6) is 0 Å². The van der Waals surface area contributed by atoms with Crippen LogP contribution in [0.25, 0.3) is 6.08 Å². The summed E-state index contributed by atoms with van der Waals surface area (Å²) in [6, 6.07) is 17.2. The molecule has 3 aromatic rings. The van der Waals surface area contributed by atoms with Crippen LogP contribution in [0.15, 0.2) is 78.0 Å². The summed E-state index contributed by atoms with van der Waals surface area (Å²) in [5.41, 5.74) is 3.50. The number of hydrogen-bond donors (Lipinski definition) is 1. The fourth-order valence-corrected chi connectivity index (χ4v) is 3.69. The molecule has 0 saturated carbocycles. The monoisotopic (exact) mass is 405 g/mol. The van der Waals surface area contributed by atoms with Crippen LogP contribution in [-0.4, -0.2) is 26.7 Å². The molecule has 0 saturated heterocycles. The van der Waals surface area contributed by atoms with Crippen LogP contribution in [0.1, 0.15) is 34.0 Å². The molecular formula is C24H23NO3S. The van der Waals surface area contributed by atoms with Crippen molar-refractivity contribution in [1.82, 2.24) is 4.57 Å². The molecule has 5 heteroatoms. The standard InChI is InChI=1S/C24H23NO3S/c1-17-8-10-20(11-9-17)23(26)21-12-14-25(16-21)13-4-6-19-5-3-7-22(15-19)29-18(2)24(27)28/h3-12,14-16,18H,13H2,1-2H3,(H,27,28)/b6-4+. The van der Waals surface area contributed by atoms with Crippen LogP contribution in [0.4, 0.5) is 0 Å². The minimum absolute atomic E-state index is 0.0185. The summed E-state index contributed by atoms with van der Waals surface area (Å²) < 4.78 is 1.96. The SMILES string of the molecule is Cc1ccc(C(=O)c2ccn(C/C=C/c3cccc(SC(C)C(=O)O)c3)c2)cc1. The Morgan fingerprint density at radius 3 is 2.59 bits per heavy atom. The second-order valence-corrected chi connectivity index (χ2v) is 8.28. The fraction of sp³-hybridized carbons (Fsp3) is 0.167. The number of ketones is 1. The zero-order valence-corrected chi connectivity index (χ0v) is 17.2. The van der Waals surface area contributed by atoms with Gasteiger partial charge in [0.1, 0.15) is 5.25 Å². The molecule has 1 unspecified atom stereocenters. The molecule has 0 aliphatic carbocycles. The largest absolute Gasteiger partial charge is 0.480 e. The molecule has 29 heavy (non-hydrogen) atoms. The smallest absolute Gasteiger partial charge is 0.316 e. The highest BCUT2D eigenvalue weighted by atomic mass is 32.2. The molecule has 148 valence electrons. The van der Waals surface area contributed by atoms with Gasteiger partial charge in [-0.3, -0.25) is 9.59 Å². The molecule has 4 nitrogen and oxygen atoms in total.